The van der Waals surface area contributed by atoms with Crippen molar-refractivity contribution in [3.05, 3.63) is 29.8 Å². The summed E-state index contributed by atoms with van der Waals surface area (Å²) in [5.41, 5.74) is 0.871. The molecule has 0 saturated carbocycles. The second-order valence-corrected chi connectivity index (χ2v) is 12.0. The van der Waals surface area contributed by atoms with Crippen LogP contribution in [0.15, 0.2) is 29.2 Å². The van der Waals surface area contributed by atoms with Gasteiger partial charge in [0.1, 0.15) is 0 Å². The number of benzene rings is 1. The van der Waals surface area contributed by atoms with Gasteiger partial charge < -0.3 is 9.64 Å². The Labute approximate surface area is 199 Å². The molecule has 0 radical (unpaired) electrons. The lowest BCUT2D eigenvalue weighted by Gasteiger charge is -2.39. The number of carbonyl (C=O) groups is 1. The second-order valence-electron chi connectivity index (χ2n) is 10.1. The first-order valence-corrected chi connectivity index (χ1v) is 14.0. The van der Waals surface area contributed by atoms with E-state index in [-0.39, 0.29) is 18.1 Å². The molecular formula is C25H39N3O4S. The predicted octanol–water partition coefficient (Wildman–Crippen LogP) is 2.75. The zero-order chi connectivity index (χ0) is 23.4. The molecule has 1 aromatic rings. The molecule has 0 N–H and O–H groups in total. The van der Waals surface area contributed by atoms with Gasteiger partial charge in [-0.1, -0.05) is 18.6 Å². The molecule has 3 heterocycles. The molecule has 3 aliphatic rings. The van der Waals surface area contributed by atoms with E-state index in [2.05, 4.69) is 18.7 Å². The van der Waals surface area contributed by atoms with E-state index >= 15 is 0 Å². The van der Waals surface area contributed by atoms with E-state index in [1.165, 1.54) is 0 Å². The Kier molecular flexibility index (Phi) is 8.10. The van der Waals surface area contributed by atoms with Gasteiger partial charge in [-0.2, -0.15) is 4.31 Å². The molecule has 8 heteroatoms. The molecule has 0 aromatic heterocycles. The molecule has 4 rings (SSSR count). The number of morpholine rings is 1. The minimum atomic E-state index is -3.43. The molecular weight excluding hydrogens is 438 g/mol. The maximum Gasteiger partial charge on any atom is 0.243 e. The van der Waals surface area contributed by atoms with Crippen LogP contribution in [-0.2, 0) is 26.0 Å². The summed E-state index contributed by atoms with van der Waals surface area (Å²) in [6.45, 7) is 10.2. The first kappa shape index (κ1) is 24.6. The lowest BCUT2D eigenvalue weighted by atomic mass is 9.95. The number of amides is 1. The average Bonchev–Trinajstić information content (AvgIpc) is 2.80. The fourth-order valence-electron chi connectivity index (χ4n) is 5.48. The van der Waals surface area contributed by atoms with E-state index in [1.54, 1.807) is 28.6 Å². The Balaban J connectivity index is 1.25. The molecule has 184 valence electrons. The summed E-state index contributed by atoms with van der Waals surface area (Å²) in [4.78, 5) is 17.7. The van der Waals surface area contributed by atoms with Crippen molar-refractivity contribution in [3.63, 3.8) is 0 Å². The van der Waals surface area contributed by atoms with Crippen LogP contribution in [0, 0.1) is 5.92 Å². The number of likely N-dealkylation sites (tertiary alicyclic amines) is 1. The van der Waals surface area contributed by atoms with Gasteiger partial charge in [-0.15, -0.1) is 0 Å². The van der Waals surface area contributed by atoms with Crippen LogP contribution in [0.1, 0.15) is 51.5 Å². The number of carbonyl (C=O) groups excluding carboxylic acids is 1. The Hall–Kier alpha value is -1.48. The maximum atomic E-state index is 12.9. The molecule has 0 bridgehead atoms. The van der Waals surface area contributed by atoms with E-state index in [1.807, 2.05) is 4.90 Å². The van der Waals surface area contributed by atoms with Gasteiger partial charge in [0.2, 0.25) is 15.9 Å². The van der Waals surface area contributed by atoms with Crippen LogP contribution in [0.3, 0.4) is 0 Å². The number of hydrogen-bond acceptors (Lipinski definition) is 5. The van der Waals surface area contributed by atoms with Gasteiger partial charge >= 0.3 is 0 Å². The summed E-state index contributed by atoms with van der Waals surface area (Å²) in [7, 11) is -3.43. The van der Waals surface area contributed by atoms with Gasteiger partial charge in [-0.25, -0.2) is 8.42 Å². The Morgan fingerprint density at radius 2 is 1.55 bits per heavy atom. The number of sulfonamides is 1. The van der Waals surface area contributed by atoms with Gasteiger partial charge in [0.05, 0.1) is 23.5 Å². The first-order valence-electron chi connectivity index (χ1n) is 12.6. The fourth-order valence-corrected chi connectivity index (χ4v) is 7.00. The van der Waals surface area contributed by atoms with Crippen molar-refractivity contribution in [1.29, 1.82) is 0 Å². The normalized spacial score (nSPS) is 26.4. The third-order valence-corrected chi connectivity index (χ3v) is 9.12. The van der Waals surface area contributed by atoms with Crippen LogP contribution < -0.4 is 0 Å². The summed E-state index contributed by atoms with van der Waals surface area (Å²) in [6, 6.07) is 6.90. The van der Waals surface area contributed by atoms with Gasteiger partial charge in [-0.3, -0.25) is 9.69 Å². The van der Waals surface area contributed by atoms with Crippen molar-refractivity contribution < 1.29 is 17.9 Å². The minimum absolute atomic E-state index is 0.133. The summed E-state index contributed by atoms with van der Waals surface area (Å²) in [5, 5.41) is 0. The van der Waals surface area contributed by atoms with Crippen molar-refractivity contribution in [1.82, 2.24) is 14.1 Å². The standard InChI is InChI=1S/C25H39N3O4S/c1-20-17-26(18-21(2)32-20)19-23-10-14-27(15-11-23)25(29)16-22-6-8-24(9-7-22)33(30,31)28-12-4-3-5-13-28/h6-9,20-21,23H,3-5,10-19H2,1-2H3. The highest BCUT2D eigenvalue weighted by molar-refractivity contribution is 7.89. The molecule has 2 unspecified atom stereocenters. The fraction of sp³-hybridized carbons (Fsp3) is 0.720. The number of nitrogens with zero attached hydrogens (tertiary/aromatic N) is 3. The number of ether oxygens (including phenoxy) is 1. The average molecular weight is 478 g/mol. The zero-order valence-corrected chi connectivity index (χ0v) is 20.9. The van der Waals surface area contributed by atoms with Crippen molar-refractivity contribution in [2.24, 2.45) is 5.92 Å². The molecule has 0 aliphatic carbocycles. The zero-order valence-electron chi connectivity index (χ0n) is 20.1. The lowest BCUT2D eigenvalue weighted by molar-refractivity contribution is -0.132. The third-order valence-electron chi connectivity index (χ3n) is 7.21. The second kappa shape index (κ2) is 10.8. The van der Waals surface area contributed by atoms with Crippen LogP contribution in [-0.4, -0.2) is 86.5 Å². The van der Waals surface area contributed by atoms with E-state index < -0.39 is 10.0 Å². The SMILES string of the molecule is CC1CN(CC2CCN(C(=O)Cc3ccc(S(=O)(=O)N4CCCCC4)cc3)CC2)CC(C)O1. The monoisotopic (exact) mass is 477 g/mol. The summed E-state index contributed by atoms with van der Waals surface area (Å²) in [6.07, 6.45) is 5.93. The molecule has 1 aromatic carbocycles. The highest BCUT2D eigenvalue weighted by Crippen LogP contribution is 2.23. The topological polar surface area (TPSA) is 70.2 Å². The van der Waals surface area contributed by atoms with Gasteiger partial charge in [0.15, 0.2) is 0 Å². The third kappa shape index (κ3) is 6.35. The van der Waals surface area contributed by atoms with Crippen LogP contribution in [0.2, 0.25) is 0 Å². The maximum absolute atomic E-state index is 12.9. The van der Waals surface area contributed by atoms with Crippen molar-refractivity contribution in [2.75, 3.05) is 45.8 Å². The summed E-state index contributed by atoms with van der Waals surface area (Å²) in [5.74, 6) is 0.763. The van der Waals surface area contributed by atoms with Crippen molar-refractivity contribution in [2.45, 2.75) is 69.5 Å². The van der Waals surface area contributed by atoms with Gasteiger partial charge in [0.25, 0.3) is 0 Å². The quantitative estimate of drug-likeness (QED) is 0.630. The molecule has 0 spiro atoms. The number of hydrogen-bond donors (Lipinski definition) is 0. The lowest BCUT2D eigenvalue weighted by Crippen LogP contribution is -2.48. The highest BCUT2D eigenvalue weighted by Gasteiger charge is 2.29. The molecule has 7 nitrogen and oxygen atoms in total. The molecule has 3 fully saturated rings. The smallest absolute Gasteiger partial charge is 0.243 e. The summed E-state index contributed by atoms with van der Waals surface area (Å²) >= 11 is 0. The van der Waals surface area contributed by atoms with Crippen molar-refractivity contribution in [3.8, 4) is 0 Å². The van der Waals surface area contributed by atoms with E-state index in [0.717, 1.165) is 70.4 Å². The number of piperidine rings is 2. The van der Waals surface area contributed by atoms with Crippen LogP contribution >= 0.6 is 0 Å². The first-order chi connectivity index (χ1) is 15.8. The molecule has 1 amide bonds. The van der Waals surface area contributed by atoms with Crippen molar-refractivity contribution >= 4 is 15.9 Å². The molecule has 3 saturated heterocycles. The number of rotatable bonds is 6. The molecule has 2 atom stereocenters. The van der Waals surface area contributed by atoms with E-state index in [4.69, 9.17) is 4.74 Å². The van der Waals surface area contributed by atoms with Gasteiger partial charge in [-0.05, 0) is 63.1 Å². The van der Waals surface area contributed by atoms with Crippen LogP contribution in [0.5, 0.6) is 0 Å². The largest absolute Gasteiger partial charge is 0.373 e. The van der Waals surface area contributed by atoms with Crippen LogP contribution in [0.25, 0.3) is 0 Å². The highest BCUT2D eigenvalue weighted by atomic mass is 32.2. The molecule has 33 heavy (non-hydrogen) atoms. The van der Waals surface area contributed by atoms with E-state index in [9.17, 15) is 13.2 Å². The Bertz CT molecular complexity index is 881. The molecule has 3 aliphatic heterocycles. The van der Waals surface area contributed by atoms with Gasteiger partial charge in [0, 0.05) is 45.8 Å². The Morgan fingerprint density at radius 1 is 0.939 bits per heavy atom. The van der Waals surface area contributed by atoms with E-state index in [0.29, 0.717) is 30.3 Å². The Morgan fingerprint density at radius 3 is 2.15 bits per heavy atom. The predicted molar refractivity (Wildman–Crippen MR) is 129 cm³/mol. The van der Waals surface area contributed by atoms with Crippen LogP contribution in [0.4, 0.5) is 0 Å². The summed E-state index contributed by atoms with van der Waals surface area (Å²) < 4.78 is 33.1. The minimum Gasteiger partial charge on any atom is -0.373 e.